The number of anilines is 1. The molecule has 0 spiro atoms. The highest BCUT2D eigenvalue weighted by molar-refractivity contribution is 9.10. The molecule has 7 nitrogen and oxygen atoms in total. The van der Waals surface area contributed by atoms with Crippen molar-refractivity contribution in [2.45, 2.75) is 45.3 Å². The van der Waals surface area contributed by atoms with Crippen LogP contribution >= 0.6 is 39.1 Å². The van der Waals surface area contributed by atoms with E-state index in [-0.39, 0.29) is 40.6 Å². The van der Waals surface area contributed by atoms with E-state index in [0.29, 0.717) is 6.42 Å². The second-order valence-corrected chi connectivity index (χ2v) is 13.2. The van der Waals surface area contributed by atoms with Crippen molar-refractivity contribution in [2.75, 3.05) is 17.1 Å². The van der Waals surface area contributed by atoms with Crippen LogP contribution in [0.3, 0.4) is 0 Å². The Kier molecular flexibility index (Phi) is 11.5. The van der Waals surface area contributed by atoms with Crippen LogP contribution in [0.15, 0.2) is 77.3 Å². The predicted molar refractivity (Wildman–Crippen MR) is 165 cm³/mol. The summed E-state index contributed by atoms with van der Waals surface area (Å²) in [4.78, 5) is 29.2. The molecule has 0 bridgehead atoms. The third kappa shape index (κ3) is 8.96. The van der Waals surface area contributed by atoms with E-state index in [1.54, 1.807) is 0 Å². The van der Waals surface area contributed by atoms with E-state index in [0.717, 1.165) is 26.2 Å². The largest absolute Gasteiger partial charge is 0.352 e. The Bertz CT molecular complexity index is 1420. The molecule has 0 aliphatic heterocycles. The first-order chi connectivity index (χ1) is 18.9. The normalized spacial score (nSPS) is 12.8. The first-order valence-corrected chi connectivity index (χ1v) is 16.1. The third-order valence-corrected chi connectivity index (χ3v) is 8.60. The van der Waals surface area contributed by atoms with Crippen LogP contribution in [0.5, 0.6) is 0 Å². The van der Waals surface area contributed by atoms with Gasteiger partial charge in [0.2, 0.25) is 21.8 Å². The Morgan fingerprint density at radius 3 is 2.23 bits per heavy atom. The fourth-order valence-corrected chi connectivity index (χ4v) is 5.61. The summed E-state index contributed by atoms with van der Waals surface area (Å²) in [5.41, 5.74) is 1.72. The van der Waals surface area contributed by atoms with Crippen molar-refractivity contribution in [3.8, 4) is 0 Å². The number of carbonyl (C=O) groups excluding carboxylic acids is 2. The molecule has 0 fully saturated rings. The Morgan fingerprint density at radius 2 is 1.62 bits per heavy atom. The maximum Gasteiger partial charge on any atom is 0.244 e. The summed E-state index contributed by atoms with van der Waals surface area (Å²) in [6.45, 7) is 3.36. The van der Waals surface area contributed by atoms with E-state index < -0.39 is 28.5 Å². The zero-order valence-corrected chi connectivity index (χ0v) is 26.4. The Labute approximate surface area is 254 Å². The molecule has 0 aromatic heterocycles. The zero-order valence-electron chi connectivity index (χ0n) is 22.5. The van der Waals surface area contributed by atoms with Crippen LogP contribution in [0.4, 0.5) is 5.69 Å². The fourth-order valence-electron chi connectivity index (χ4n) is 4.05. The van der Waals surface area contributed by atoms with Crippen LogP contribution in [0.2, 0.25) is 10.0 Å². The van der Waals surface area contributed by atoms with Crippen LogP contribution < -0.4 is 9.62 Å². The first kappa shape index (κ1) is 31.9. The van der Waals surface area contributed by atoms with Gasteiger partial charge in [-0.25, -0.2) is 8.42 Å². The summed E-state index contributed by atoms with van der Waals surface area (Å²) >= 11 is 15.9. The maximum absolute atomic E-state index is 14.1. The van der Waals surface area contributed by atoms with Crippen LogP contribution in [-0.4, -0.2) is 50.0 Å². The summed E-state index contributed by atoms with van der Waals surface area (Å²) in [7, 11) is -3.96. The fraction of sp³-hybridized carbons (Fsp3) is 0.310. The topological polar surface area (TPSA) is 86.8 Å². The number of halogens is 3. The van der Waals surface area contributed by atoms with Crippen LogP contribution in [0.1, 0.15) is 31.4 Å². The van der Waals surface area contributed by atoms with Crippen molar-refractivity contribution in [1.29, 1.82) is 0 Å². The van der Waals surface area contributed by atoms with Gasteiger partial charge in [-0.05, 0) is 54.8 Å². The van der Waals surface area contributed by atoms with Crippen molar-refractivity contribution < 1.29 is 18.0 Å². The number of sulfonamides is 1. The minimum absolute atomic E-state index is 0.0808. The quantitative estimate of drug-likeness (QED) is 0.254. The summed E-state index contributed by atoms with van der Waals surface area (Å²) < 4.78 is 27.6. The Balaban J connectivity index is 2.08. The molecule has 40 heavy (non-hydrogen) atoms. The van der Waals surface area contributed by atoms with Gasteiger partial charge < -0.3 is 10.2 Å². The van der Waals surface area contributed by atoms with E-state index in [1.165, 1.54) is 23.1 Å². The predicted octanol–water partition coefficient (Wildman–Crippen LogP) is 6.08. The van der Waals surface area contributed by atoms with Crippen molar-refractivity contribution in [3.05, 3.63) is 98.4 Å². The van der Waals surface area contributed by atoms with Gasteiger partial charge in [-0.15, -0.1) is 0 Å². The SMILES string of the molecule is CC[C@@H](C)NC(=O)[C@@H](Cc1ccccc1)N(Cc1ccc(Br)cc1)C(=O)CN(c1cc(Cl)ccc1Cl)S(C)(=O)=O. The lowest BCUT2D eigenvalue weighted by Gasteiger charge is -2.34. The average molecular weight is 669 g/mol. The monoisotopic (exact) mass is 667 g/mol. The van der Waals surface area contributed by atoms with Gasteiger partial charge in [-0.3, -0.25) is 13.9 Å². The number of nitrogens with zero attached hydrogens (tertiary/aromatic N) is 2. The lowest BCUT2D eigenvalue weighted by molar-refractivity contribution is -0.140. The minimum Gasteiger partial charge on any atom is -0.352 e. The number of carbonyl (C=O) groups is 2. The summed E-state index contributed by atoms with van der Waals surface area (Å²) in [5.74, 6) is -0.889. The van der Waals surface area contributed by atoms with Gasteiger partial charge in [-0.1, -0.05) is 88.5 Å². The smallest absolute Gasteiger partial charge is 0.244 e. The number of nitrogens with one attached hydrogen (secondary N) is 1. The van der Waals surface area contributed by atoms with Crippen LogP contribution in [0.25, 0.3) is 0 Å². The van der Waals surface area contributed by atoms with Crippen LogP contribution in [-0.2, 0) is 32.6 Å². The standard InChI is InChI=1S/C29H32BrCl2N3O4S/c1-4-20(2)33-29(37)27(16-21-8-6-5-7-9-21)34(18-22-10-12-23(30)13-11-22)28(36)19-35(40(3,38)39)26-17-24(31)14-15-25(26)32/h5-15,17,20,27H,4,16,18-19H2,1-3H3,(H,33,37)/t20-,27-/m1/s1. The van der Waals surface area contributed by atoms with E-state index in [9.17, 15) is 18.0 Å². The third-order valence-electron chi connectivity index (χ3n) is 6.39. The number of amides is 2. The Morgan fingerprint density at radius 1 is 0.975 bits per heavy atom. The van der Waals surface area contributed by atoms with Gasteiger partial charge in [0.05, 0.1) is 17.0 Å². The van der Waals surface area contributed by atoms with E-state index in [2.05, 4.69) is 21.2 Å². The summed E-state index contributed by atoms with van der Waals surface area (Å²) in [6, 6.07) is 20.1. The number of hydrogen-bond donors (Lipinski definition) is 1. The molecule has 0 saturated heterocycles. The molecule has 0 saturated carbocycles. The lowest BCUT2D eigenvalue weighted by atomic mass is 10.0. The van der Waals surface area contributed by atoms with E-state index >= 15 is 0 Å². The molecule has 3 rings (SSSR count). The van der Waals surface area contributed by atoms with Crippen molar-refractivity contribution in [3.63, 3.8) is 0 Å². The number of hydrogen-bond acceptors (Lipinski definition) is 4. The molecule has 0 heterocycles. The van der Waals surface area contributed by atoms with Gasteiger partial charge in [0.1, 0.15) is 12.6 Å². The minimum atomic E-state index is -3.96. The molecule has 0 unspecified atom stereocenters. The summed E-state index contributed by atoms with van der Waals surface area (Å²) in [5, 5.41) is 3.39. The van der Waals surface area contributed by atoms with Crippen molar-refractivity contribution in [1.82, 2.24) is 10.2 Å². The number of benzene rings is 3. The van der Waals surface area contributed by atoms with Gasteiger partial charge in [0.15, 0.2) is 0 Å². The highest BCUT2D eigenvalue weighted by atomic mass is 79.9. The highest BCUT2D eigenvalue weighted by Gasteiger charge is 2.34. The van der Waals surface area contributed by atoms with E-state index in [4.69, 9.17) is 23.2 Å². The molecule has 3 aromatic rings. The second-order valence-electron chi connectivity index (χ2n) is 9.54. The molecule has 3 aromatic carbocycles. The summed E-state index contributed by atoms with van der Waals surface area (Å²) in [6.07, 6.45) is 1.94. The molecule has 0 radical (unpaired) electrons. The maximum atomic E-state index is 14.1. The molecule has 2 amide bonds. The molecule has 11 heteroatoms. The molecule has 0 aliphatic carbocycles. The molecular weight excluding hydrogens is 637 g/mol. The zero-order chi connectivity index (χ0) is 29.4. The van der Waals surface area contributed by atoms with Gasteiger partial charge in [-0.2, -0.15) is 0 Å². The van der Waals surface area contributed by atoms with Gasteiger partial charge in [0.25, 0.3) is 0 Å². The highest BCUT2D eigenvalue weighted by Crippen LogP contribution is 2.31. The molecular formula is C29H32BrCl2N3O4S. The van der Waals surface area contributed by atoms with Gasteiger partial charge >= 0.3 is 0 Å². The molecule has 214 valence electrons. The van der Waals surface area contributed by atoms with Crippen LogP contribution in [0, 0.1) is 0 Å². The number of rotatable bonds is 12. The average Bonchev–Trinajstić information content (AvgIpc) is 2.91. The van der Waals surface area contributed by atoms with Crippen molar-refractivity contribution >= 4 is 66.7 Å². The molecule has 2 atom stereocenters. The first-order valence-electron chi connectivity index (χ1n) is 12.7. The van der Waals surface area contributed by atoms with Gasteiger partial charge in [0, 0.05) is 28.5 Å². The Hall–Kier alpha value is -2.59. The molecule has 0 aliphatic rings. The molecule has 1 N–H and O–H groups in total. The van der Waals surface area contributed by atoms with E-state index in [1.807, 2.05) is 68.4 Å². The second kappa shape index (κ2) is 14.3. The van der Waals surface area contributed by atoms with Crippen molar-refractivity contribution in [2.24, 2.45) is 0 Å². The lowest BCUT2D eigenvalue weighted by Crippen LogP contribution is -2.54.